The van der Waals surface area contributed by atoms with E-state index in [4.69, 9.17) is 4.74 Å². The zero-order valence-corrected chi connectivity index (χ0v) is 10.9. The molecule has 100 valence electrons. The second-order valence-corrected chi connectivity index (χ2v) is 6.29. The molecule has 1 saturated heterocycles. The summed E-state index contributed by atoms with van der Waals surface area (Å²) in [7, 11) is -1.88. The topological polar surface area (TPSA) is 84.5 Å². The molecule has 0 saturated carbocycles. The van der Waals surface area contributed by atoms with Crippen LogP contribution in [0.25, 0.3) is 0 Å². The van der Waals surface area contributed by atoms with E-state index in [1.54, 1.807) is 0 Å². The zero-order chi connectivity index (χ0) is 12.7. The highest BCUT2D eigenvalue weighted by Crippen LogP contribution is 2.10. The van der Waals surface area contributed by atoms with Crippen molar-refractivity contribution in [3.8, 4) is 0 Å². The molecule has 2 N–H and O–H groups in total. The van der Waals surface area contributed by atoms with Crippen LogP contribution in [0.3, 0.4) is 0 Å². The average Bonchev–Trinajstić information content (AvgIpc) is 2.76. The van der Waals surface area contributed by atoms with Gasteiger partial charge in [-0.1, -0.05) is 0 Å². The van der Waals surface area contributed by atoms with Gasteiger partial charge in [-0.2, -0.15) is 0 Å². The molecule has 1 rings (SSSR count). The van der Waals surface area contributed by atoms with Gasteiger partial charge in [0.05, 0.1) is 11.9 Å². The number of carbonyl (C=O) groups excluding carboxylic acids is 1. The van der Waals surface area contributed by atoms with Gasteiger partial charge in [0.25, 0.3) is 0 Å². The first-order chi connectivity index (χ1) is 8.03. The third-order valence-electron chi connectivity index (χ3n) is 2.62. The highest BCUT2D eigenvalue weighted by atomic mass is 32.2. The van der Waals surface area contributed by atoms with Crippen LogP contribution in [0.4, 0.5) is 0 Å². The van der Waals surface area contributed by atoms with Crippen molar-refractivity contribution in [2.75, 3.05) is 38.2 Å². The van der Waals surface area contributed by atoms with E-state index in [9.17, 15) is 13.2 Å². The van der Waals surface area contributed by atoms with Crippen molar-refractivity contribution in [3.05, 3.63) is 0 Å². The van der Waals surface area contributed by atoms with Crippen molar-refractivity contribution < 1.29 is 17.9 Å². The number of ether oxygens (including phenoxy) is 1. The molecule has 0 aromatic rings. The van der Waals surface area contributed by atoms with Crippen LogP contribution in [-0.4, -0.2) is 58.7 Å². The standard InChI is InChI=1S/C10H20N2O4S/c1-11-10(13)8-17(14,15)6-4-12-7-9-3-2-5-16-9/h9,12H,2-8H2,1H3,(H,11,13). The van der Waals surface area contributed by atoms with Crippen molar-refractivity contribution in [2.24, 2.45) is 0 Å². The molecule has 1 heterocycles. The lowest BCUT2D eigenvalue weighted by atomic mass is 10.2. The van der Waals surface area contributed by atoms with Crippen LogP contribution in [0.1, 0.15) is 12.8 Å². The fourth-order valence-corrected chi connectivity index (χ4v) is 2.78. The Morgan fingerprint density at radius 1 is 1.47 bits per heavy atom. The summed E-state index contributed by atoms with van der Waals surface area (Å²) in [5, 5.41) is 5.34. The molecule has 0 aromatic carbocycles. The van der Waals surface area contributed by atoms with E-state index < -0.39 is 21.5 Å². The fraction of sp³-hybridized carbons (Fsp3) is 0.900. The summed E-state index contributed by atoms with van der Waals surface area (Å²) in [6.07, 6.45) is 2.30. The summed E-state index contributed by atoms with van der Waals surface area (Å²) < 4.78 is 28.3. The summed E-state index contributed by atoms with van der Waals surface area (Å²) in [4.78, 5) is 10.9. The van der Waals surface area contributed by atoms with E-state index in [2.05, 4.69) is 10.6 Å². The van der Waals surface area contributed by atoms with Crippen LogP contribution in [0.15, 0.2) is 0 Å². The Morgan fingerprint density at radius 3 is 2.82 bits per heavy atom. The molecular weight excluding hydrogens is 244 g/mol. The Labute approximate surface area is 102 Å². The molecule has 6 nitrogen and oxygen atoms in total. The van der Waals surface area contributed by atoms with Gasteiger partial charge in [-0.15, -0.1) is 0 Å². The second-order valence-electron chi connectivity index (χ2n) is 4.10. The number of nitrogens with one attached hydrogen (secondary N) is 2. The minimum Gasteiger partial charge on any atom is -0.377 e. The van der Waals surface area contributed by atoms with E-state index in [1.807, 2.05) is 0 Å². The first-order valence-corrected chi connectivity index (χ1v) is 7.59. The molecule has 0 radical (unpaired) electrons. The van der Waals surface area contributed by atoms with Crippen molar-refractivity contribution in [3.63, 3.8) is 0 Å². The molecule has 7 heteroatoms. The molecule has 0 aliphatic carbocycles. The lowest BCUT2D eigenvalue weighted by Crippen LogP contribution is -2.34. The molecular formula is C10H20N2O4S. The summed E-state index contributed by atoms with van der Waals surface area (Å²) in [6.45, 7) is 1.83. The van der Waals surface area contributed by atoms with Gasteiger partial charge in [0.1, 0.15) is 5.75 Å². The monoisotopic (exact) mass is 264 g/mol. The lowest BCUT2D eigenvalue weighted by molar-refractivity contribution is -0.118. The van der Waals surface area contributed by atoms with Gasteiger partial charge in [0.15, 0.2) is 9.84 Å². The molecule has 1 unspecified atom stereocenters. The van der Waals surface area contributed by atoms with Crippen molar-refractivity contribution >= 4 is 15.7 Å². The minimum atomic E-state index is -3.30. The van der Waals surface area contributed by atoms with Crippen LogP contribution in [-0.2, 0) is 19.4 Å². The van der Waals surface area contributed by atoms with Crippen LogP contribution in [0, 0.1) is 0 Å². The maximum absolute atomic E-state index is 11.5. The number of rotatable bonds is 7. The van der Waals surface area contributed by atoms with Crippen LogP contribution in [0.2, 0.25) is 0 Å². The second kappa shape index (κ2) is 6.93. The molecule has 1 atom stereocenters. The molecule has 1 aliphatic heterocycles. The van der Waals surface area contributed by atoms with Gasteiger partial charge in [-0.05, 0) is 12.8 Å². The van der Waals surface area contributed by atoms with Gasteiger partial charge in [0, 0.05) is 26.7 Å². The number of hydrogen-bond donors (Lipinski definition) is 2. The summed E-state index contributed by atoms with van der Waals surface area (Å²) in [5.74, 6) is -0.928. The number of sulfone groups is 1. The number of hydrogen-bond acceptors (Lipinski definition) is 5. The molecule has 0 bridgehead atoms. The fourth-order valence-electron chi connectivity index (χ4n) is 1.64. The van der Waals surface area contributed by atoms with Gasteiger partial charge in [-0.3, -0.25) is 4.79 Å². The average molecular weight is 264 g/mol. The number of carbonyl (C=O) groups is 1. The van der Waals surface area contributed by atoms with Crippen LogP contribution in [0.5, 0.6) is 0 Å². The van der Waals surface area contributed by atoms with E-state index in [0.717, 1.165) is 19.4 Å². The van der Waals surface area contributed by atoms with Gasteiger partial charge in [-0.25, -0.2) is 8.42 Å². The Bertz CT molecular complexity index is 336. The zero-order valence-electron chi connectivity index (χ0n) is 10.1. The largest absolute Gasteiger partial charge is 0.377 e. The molecule has 0 aromatic heterocycles. The van der Waals surface area contributed by atoms with E-state index in [0.29, 0.717) is 13.1 Å². The summed E-state index contributed by atoms with van der Waals surface area (Å²) >= 11 is 0. The summed E-state index contributed by atoms with van der Waals surface area (Å²) in [6, 6.07) is 0. The lowest BCUT2D eigenvalue weighted by Gasteiger charge is -2.10. The molecule has 17 heavy (non-hydrogen) atoms. The van der Waals surface area contributed by atoms with E-state index in [-0.39, 0.29) is 11.9 Å². The Morgan fingerprint density at radius 2 is 2.24 bits per heavy atom. The normalized spacial score (nSPS) is 20.4. The third kappa shape index (κ3) is 5.99. The minimum absolute atomic E-state index is 0.0207. The van der Waals surface area contributed by atoms with Crippen molar-refractivity contribution in [1.29, 1.82) is 0 Å². The molecule has 1 fully saturated rings. The Kier molecular flexibility index (Phi) is 5.87. The Balaban J connectivity index is 2.14. The van der Waals surface area contributed by atoms with Gasteiger partial charge in [0.2, 0.25) is 5.91 Å². The van der Waals surface area contributed by atoms with Gasteiger partial charge >= 0.3 is 0 Å². The van der Waals surface area contributed by atoms with Crippen LogP contribution >= 0.6 is 0 Å². The molecule has 1 amide bonds. The maximum Gasteiger partial charge on any atom is 0.234 e. The smallest absolute Gasteiger partial charge is 0.234 e. The van der Waals surface area contributed by atoms with Crippen molar-refractivity contribution in [1.82, 2.24) is 10.6 Å². The van der Waals surface area contributed by atoms with Gasteiger partial charge < -0.3 is 15.4 Å². The quantitative estimate of drug-likeness (QED) is 0.571. The first kappa shape index (κ1) is 14.4. The van der Waals surface area contributed by atoms with Crippen molar-refractivity contribution in [2.45, 2.75) is 18.9 Å². The van der Waals surface area contributed by atoms with E-state index >= 15 is 0 Å². The van der Waals surface area contributed by atoms with E-state index in [1.165, 1.54) is 7.05 Å². The predicted octanol–water partition coefficient (Wildman–Crippen LogP) is -1.08. The third-order valence-corrected chi connectivity index (χ3v) is 4.14. The molecule has 1 aliphatic rings. The highest BCUT2D eigenvalue weighted by Gasteiger charge is 2.17. The molecule has 0 spiro atoms. The first-order valence-electron chi connectivity index (χ1n) is 5.77. The number of amides is 1. The van der Waals surface area contributed by atoms with Crippen LogP contribution < -0.4 is 10.6 Å². The Hall–Kier alpha value is -0.660. The maximum atomic E-state index is 11.5. The SMILES string of the molecule is CNC(=O)CS(=O)(=O)CCNCC1CCCO1. The highest BCUT2D eigenvalue weighted by molar-refractivity contribution is 7.92. The summed E-state index contributed by atoms with van der Waals surface area (Å²) in [5.41, 5.74) is 0. The predicted molar refractivity (Wildman–Crippen MR) is 64.6 cm³/mol.